The minimum atomic E-state index is -0.388. The highest BCUT2D eigenvalue weighted by Gasteiger charge is 2.24. The Labute approximate surface area is 191 Å². The van der Waals surface area contributed by atoms with E-state index in [-0.39, 0.29) is 10.2 Å². The van der Waals surface area contributed by atoms with E-state index in [0.29, 0.717) is 60.6 Å². The molecule has 2 aliphatic rings. The summed E-state index contributed by atoms with van der Waals surface area (Å²) in [4.78, 5) is 24.4. The maximum absolute atomic E-state index is 13.0. The van der Waals surface area contributed by atoms with E-state index < -0.39 is 0 Å². The number of fused-ring (bicyclic) bond motifs is 1. The van der Waals surface area contributed by atoms with Crippen LogP contribution in [-0.2, 0) is 4.74 Å². The molecule has 3 aromatic rings. The van der Waals surface area contributed by atoms with Gasteiger partial charge in [-0.3, -0.25) is 4.79 Å². The van der Waals surface area contributed by atoms with Gasteiger partial charge < -0.3 is 35.5 Å². The molecule has 4 N–H and O–H groups in total. The first kappa shape index (κ1) is 21.8. The summed E-state index contributed by atoms with van der Waals surface area (Å²) in [6.45, 7) is 4.59. The zero-order valence-electron chi connectivity index (χ0n) is 18.5. The predicted molar refractivity (Wildman–Crippen MR) is 130 cm³/mol. The number of nitrogens with zero attached hydrogens (tertiary/aromatic N) is 3. The van der Waals surface area contributed by atoms with Crippen LogP contribution in [-0.4, -0.2) is 60.9 Å². The number of anilines is 3. The average Bonchev–Trinajstić information content (AvgIpc) is 2.84. The molecule has 2 aromatic heterocycles. The van der Waals surface area contributed by atoms with Gasteiger partial charge >= 0.3 is 0 Å². The molecule has 4 heterocycles. The highest BCUT2D eigenvalue weighted by atomic mass is 16.6. The van der Waals surface area contributed by atoms with Crippen molar-refractivity contribution >= 4 is 34.0 Å². The fourth-order valence-corrected chi connectivity index (χ4v) is 4.43. The Morgan fingerprint density at radius 3 is 2.61 bits per heavy atom. The molecule has 10 heteroatoms. The van der Waals surface area contributed by atoms with Gasteiger partial charge in [-0.05, 0) is 50.0 Å². The second-order valence-electron chi connectivity index (χ2n) is 8.66. The third-order valence-corrected chi connectivity index (χ3v) is 6.42. The lowest BCUT2D eigenvalue weighted by Crippen LogP contribution is -2.51. The van der Waals surface area contributed by atoms with Gasteiger partial charge in [-0.2, -0.15) is 4.98 Å². The van der Waals surface area contributed by atoms with Crippen molar-refractivity contribution in [3.63, 3.8) is 0 Å². The Morgan fingerprint density at radius 1 is 1.09 bits per heavy atom. The van der Waals surface area contributed by atoms with E-state index >= 15 is 0 Å². The Morgan fingerprint density at radius 2 is 1.85 bits per heavy atom. The maximum atomic E-state index is 13.0. The number of H-pyrrole nitrogens is 1. The molecule has 1 aromatic carbocycles. The van der Waals surface area contributed by atoms with E-state index in [1.54, 1.807) is 12.3 Å². The smallest absolute Gasteiger partial charge is 0.261 e. The molecule has 0 bridgehead atoms. The van der Waals surface area contributed by atoms with Crippen LogP contribution in [0.15, 0.2) is 41.3 Å². The second kappa shape index (κ2) is 9.44. The summed E-state index contributed by atoms with van der Waals surface area (Å²) in [6.07, 6.45) is 3.82. The second-order valence-corrected chi connectivity index (χ2v) is 8.66. The first-order valence-corrected chi connectivity index (χ1v) is 11.5. The maximum Gasteiger partial charge on any atom is 0.261 e. The lowest BCUT2D eigenvalue weighted by molar-refractivity contribution is 0.0615. The van der Waals surface area contributed by atoms with Crippen molar-refractivity contribution in [2.24, 2.45) is 5.92 Å². The van der Waals surface area contributed by atoms with Crippen molar-refractivity contribution in [2.75, 3.05) is 56.6 Å². The van der Waals surface area contributed by atoms with Gasteiger partial charge in [-0.15, -0.1) is 0 Å². The number of pyridine rings is 1. The van der Waals surface area contributed by atoms with Gasteiger partial charge in [0.25, 0.3) is 5.56 Å². The lowest BCUT2D eigenvalue weighted by Gasteiger charge is -2.44. The number of benzene rings is 1. The van der Waals surface area contributed by atoms with Crippen molar-refractivity contribution in [3.05, 3.63) is 52.1 Å². The van der Waals surface area contributed by atoms with E-state index in [1.807, 2.05) is 24.3 Å². The van der Waals surface area contributed by atoms with Crippen LogP contribution in [0.5, 0.6) is 0 Å². The summed E-state index contributed by atoms with van der Waals surface area (Å²) in [7, 11) is 0. The zero-order valence-corrected chi connectivity index (χ0v) is 18.5. The van der Waals surface area contributed by atoms with Gasteiger partial charge in [0, 0.05) is 30.6 Å². The number of aromatic amines is 1. The molecular weight excluding hydrogens is 422 g/mol. The van der Waals surface area contributed by atoms with Crippen molar-refractivity contribution in [2.45, 2.75) is 12.8 Å². The SMILES string of the molecule is O=c1[nH]ccc2nc(NCC3CCNCC3)nc(Nc3ccc([N+]4([O-])CCOCC4)cc3)c12. The Bertz CT molecular complexity index is 1150. The molecule has 0 amide bonds. The van der Waals surface area contributed by atoms with E-state index in [4.69, 9.17) is 4.74 Å². The van der Waals surface area contributed by atoms with Gasteiger partial charge in [0.15, 0.2) is 0 Å². The van der Waals surface area contributed by atoms with Gasteiger partial charge in [0.05, 0.1) is 18.7 Å². The highest BCUT2D eigenvalue weighted by molar-refractivity contribution is 5.90. The number of quaternary nitrogens is 1. The van der Waals surface area contributed by atoms with E-state index in [9.17, 15) is 10.0 Å². The molecule has 33 heavy (non-hydrogen) atoms. The molecule has 0 unspecified atom stereocenters. The summed E-state index contributed by atoms with van der Waals surface area (Å²) < 4.78 is 4.94. The van der Waals surface area contributed by atoms with Crippen LogP contribution in [0.3, 0.4) is 0 Å². The number of rotatable bonds is 6. The summed E-state index contributed by atoms with van der Waals surface area (Å²) in [5.41, 5.74) is 1.75. The van der Waals surface area contributed by atoms with Gasteiger partial charge in [0.2, 0.25) is 5.95 Å². The standard InChI is InChI=1S/C23H29N7O3/c31-22-20-19(7-10-25-22)28-23(26-15-16-5-8-24-9-6-16)29-21(20)27-17-1-3-18(4-2-17)30(32)11-13-33-14-12-30/h1-4,7,10,16,24H,5-6,8-9,11-15H2,(H,25,31)(H2,26,27,28,29). The topological polar surface area (TPSA) is 127 Å². The third kappa shape index (κ3) is 4.83. The molecular formula is C23H29N7O3. The number of piperidine rings is 1. The molecule has 0 radical (unpaired) electrons. The average molecular weight is 452 g/mol. The number of hydrogen-bond donors (Lipinski definition) is 4. The van der Waals surface area contributed by atoms with Crippen LogP contribution in [0.2, 0.25) is 0 Å². The molecule has 5 rings (SSSR count). The Kier molecular flexibility index (Phi) is 6.23. The number of hydroxylamine groups is 2. The van der Waals surface area contributed by atoms with E-state index in [2.05, 4.69) is 30.9 Å². The van der Waals surface area contributed by atoms with Gasteiger partial charge in [-0.1, -0.05) is 0 Å². The first-order chi connectivity index (χ1) is 16.1. The first-order valence-electron chi connectivity index (χ1n) is 11.5. The fourth-order valence-electron chi connectivity index (χ4n) is 4.43. The number of ether oxygens (including phenoxy) is 1. The minimum Gasteiger partial charge on any atom is -0.627 e. The molecule has 174 valence electrons. The molecule has 0 saturated carbocycles. The fraction of sp³-hybridized carbons (Fsp3) is 0.435. The van der Waals surface area contributed by atoms with E-state index in [1.165, 1.54) is 0 Å². The quantitative estimate of drug-likeness (QED) is 0.332. The number of morpholine rings is 1. The van der Waals surface area contributed by atoms with E-state index in [0.717, 1.165) is 38.2 Å². The van der Waals surface area contributed by atoms with Crippen molar-refractivity contribution in [1.82, 2.24) is 24.9 Å². The van der Waals surface area contributed by atoms with Crippen molar-refractivity contribution in [1.29, 1.82) is 0 Å². The summed E-state index contributed by atoms with van der Waals surface area (Å²) in [5.74, 6) is 1.49. The predicted octanol–water partition coefficient (Wildman–Crippen LogP) is 2.31. The lowest BCUT2D eigenvalue weighted by atomic mass is 9.98. The highest BCUT2D eigenvalue weighted by Crippen LogP contribution is 2.28. The molecule has 0 atom stereocenters. The molecule has 0 aliphatic carbocycles. The zero-order chi connectivity index (χ0) is 22.7. The van der Waals surface area contributed by atoms with Gasteiger partial charge in [-0.25, -0.2) is 4.98 Å². The van der Waals surface area contributed by atoms with Crippen molar-refractivity contribution in [3.8, 4) is 0 Å². The Balaban J connectivity index is 1.39. The van der Waals surface area contributed by atoms with Crippen molar-refractivity contribution < 1.29 is 4.74 Å². The molecule has 2 fully saturated rings. The number of aromatic nitrogens is 3. The third-order valence-electron chi connectivity index (χ3n) is 6.42. The summed E-state index contributed by atoms with van der Waals surface area (Å²) >= 11 is 0. The number of nitrogens with one attached hydrogen (secondary N) is 4. The summed E-state index contributed by atoms with van der Waals surface area (Å²) in [5, 5.41) is 23.4. The van der Waals surface area contributed by atoms with Gasteiger partial charge in [0.1, 0.15) is 30.0 Å². The van der Waals surface area contributed by atoms with Crippen LogP contribution >= 0.6 is 0 Å². The van der Waals surface area contributed by atoms with Crippen LogP contribution in [0.25, 0.3) is 10.9 Å². The summed E-state index contributed by atoms with van der Waals surface area (Å²) in [6, 6.07) is 9.10. The van der Waals surface area contributed by atoms with Crippen LogP contribution in [0, 0.1) is 11.1 Å². The molecule has 2 aliphatic heterocycles. The van der Waals surface area contributed by atoms with Crippen LogP contribution in [0.4, 0.5) is 23.1 Å². The van der Waals surface area contributed by atoms with Crippen LogP contribution < -0.4 is 26.2 Å². The van der Waals surface area contributed by atoms with Crippen LogP contribution in [0.1, 0.15) is 12.8 Å². The number of hydrogen-bond acceptors (Lipinski definition) is 8. The monoisotopic (exact) mass is 451 g/mol. The molecule has 0 spiro atoms. The normalized spacial score (nSPS) is 18.8. The minimum absolute atomic E-state index is 0.256. The molecule has 2 saturated heterocycles. The molecule has 10 nitrogen and oxygen atoms in total. The Hall–Kier alpha value is -3.05. The largest absolute Gasteiger partial charge is 0.627 e.